The van der Waals surface area contributed by atoms with Crippen LogP contribution in [0.2, 0.25) is 0 Å². The third-order valence-electron chi connectivity index (χ3n) is 6.09. The molecular formula is C15H29N2+. The van der Waals surface area contributed by atoms with Gasteiger partial charge in [0.15, 0.2) is 0 Å². The number of likely N-dealkylation sites (tertiary alicyclic amines) is 1. The molecule has 2 nitrogen and oxygen atoms in total. The van der Waals surface area contributed by atoms with Gasteiger partial charge in [-0.15, -0.1) is 0 Å². The third kappa shape index (κ3) is 1.94. The van der Waals surface area contributed by atoms with Gasteiger partial charge in [-0.3, -0.25) is 4.90 Å². The zero-order valence-corrected chi connectivity index (χ0v) is 11.9. The number of nitrogens with zero attached hydrogens (tertiary/aromatic N) is 2. The Morgan fingerprint density at radius 3 is 2.35 bits per heavy atom. The second-order valence-corrected chi connectivity index (χ2v) is 7.28. The molecule has 0 aliphatic carbocycles. The molecule has 0 aromatic heterocycles. The Labute approximate surface area is 107 Å². The molecule has 17 heavy (non-hydrogen) atoms. The summed E-state index contributed by atoms with van der Waals surface area (Å²) < 4.78 is 1.28. The van der Waals surface area contributed by atoms with Gasteiger partial charge < -0.3 is 4.48 Å². The molecule has 3 heterocycles. The molecule has 0 amide bonds. The van der Waals surface area contributed by atoms with E-state index in [1.165, 1.54) is 56.0 Å². The average Bonchev–Trinajstić information content (AvgIpc) is 2.62. The second-order valence-electron chi connectivity index (χ2n) is 7.28. The van der Waals surface area contributed by atoms with Gasteiger partial charge in [0.25, 0.3) is 0 Å². The largest absolute Gasteiger partial charge is 0.325 e. The fraction of sp³-hybridized carbons (Fsp3) is 1.00. The molecule has 4 unspecified atom stereocenters. The van der Waals surface area contributed by atoms with Crippen LogP contribution in [0.25, 0.3) is 0 Å². The van der Waals surface area contributed by atoms with Crippen LogP contribution in [0.4, 0.5) is 0 Å². The lowest BCUT2D eigenvalue weighted by atomic mass is 9.89. The van der Waals surface area contributed by atoms with Crippen LogP contribution in [0.15, 0.2) is 0 Å². The van der Waals surface area contributed by atoms with Crippen molar-refractivity contribution in [1.29, 1.82) is 0 Å². The van der Waals surface area contributed by atoms with E-state index < -0.39 is 0 Å². The highest BCUT2D eigenvalue weighted by atomic mass is 15.4. The van der Waals surface area contributed by atoms with E-state index in [1.807, 2.05) is 0 Å². The van der Waals surface area contributed by atoms with E-state index in [9.17, 15) is 0 Å². The SMILES string of the molecule is CN1C2CCCCC1C1CCC2CC[N+]1(C)C. The summed E-state index contributed by atoms with van der Waals surface area (Å²) in [7, 11) is 7.38. The maximum atomic E-state index is 2.80. The van der Waals surface area contributed by atoms with Crippen LogP contribution in [0.1, 0.15) is 44.9 Å². The molecule has 0 aromatic rings. The molecule has 3 aliphatic heterocycles. The summed E-state index contributed by atoms with van der Waals surface area (Å²) in [5.41, 5.74) is 0. The topological polar surface area (TPSA) is 3.24 Å². The Morgan fingerprint density at radius 2 is 1.59 bits per heavy atom. The Balaban J connectivity index is 1.98. The zero-order chi connectivity index (χ0) is 12.0. The van der Waals surface area contributed by atoms with Gasteiger partial charge in [0, 0.05) is 18.9 Å². The summed E-state index contributed by atoms with van der Waals surface area (Å²) >= 11 is 0. The van der Waals surface area contributed by atoms with Crippen LogP contribution >= 0.6 is 0 Å². The van der Waals surface area contributed by atoms with Crippen molar-refractivity contribution in [2.45, 2.75) is 63.1 Å². The maximum absolute atomic E-state index is 2.80. The quantitative estimate of drug-likeness (QED) is 0.585. The third-order valence-corrected chi connectivity index (χ3v) is 6.09. The predicted molar refractivity (Wildman–Crippen MR) is 71.9 cm³/mol. The molecule has 3 rings (SSSR count). The molecule has 4 bridgehead atoms. The van der Waals surface area contributed by atoms with Crippen molar-refractivity contribution in [2.75, 3.05) is 27.7 Å². The van der Waals surface area contributed by atoms with Crippen LogP contribution < -0.4 is 0 Å². The Hall–Kier alpha value is -0.0800. The van der Waals surface area contributed by atoms with Gasteiger partial charge in [-0.2, -0.15) is 0 Å². The van der Waals surface area contributed by atoms with Crippen molar-refractivity contribution >= 4 is 0 Å². The number of fused-ring (bicyclic) bond motifs is 7. The average molecular weight is 237 g/mol. The zero-order valence-electron chi connectivity index (χ0n) is 11.9. The van der Waals surface area contributed by atoms with Gasteiger partial charge in [-0.25, -0.2) is 0 Å². The highest BCUT2D eigenvalue weighted by Gasteiger charge is 2.47. The summed E-state index contributed by atoms with van der Waals surface area (Å²) in [4.78, 5) is 2.80. The van der Waals surface area contributed by atoms with Crippen LogP contribution in [-0.2, 0) is 0 Å². The first-order chi connectivity index (χ1) is 8.09. The summed E-state index contributed by atoms with van der Waals surface area (Å²) in [6.07, 6.45) is 10.3. The molecule has 0 radical (unpaired) electrons. The Morgan fingerprint density at radius 1 is 0.882 bits per heavy atom. The van der Waals surface area contributed by atoms with E-state index in [1.54, 1.807) is 0 Å². The van der Waals surface area contributed by atoms with E-state index in [2.05, 4.69) is 26.0 Å². The lowest BCUT2D eigenvalue weighted by Gasteiger charge is -2.47. The normalized spacial score (nSPS) is 46.1. The van der Waals surface area contributed by atoms with Gasteiger partial charge in [0.2, 0.25) is 0 Å². The van der Waals surface area contributed by atoms with Crippen molar-refractivity contribution in [3.63, 3.8) is 0 Å². The summed E-state index contributed by atoms with van der Waals surface area (Å²) in [6, 6.07) is 2.67. The molecule has 0 aromatic carbocycles. The number of hydrogen-bond acceptors (Lipinski definition) is 1. The van der Waals surface area contributed by atoms with Crippen LogP contribution in [0.5, 0.6) is 0 Å². The molecular weight excluding hydrogens is 208 g/mol. The Bertz CT molecular complexity index is 287. The minimum atomic E-state index is 0.864. The molecule has 3 saturated heterocycles. The van der Waals surface area contributed by atoms with Crippen LogP contribution in [0, 0.1) is 5.92 Å². The molecule has 2 heteroatoms. The van der Waals surface area contributed by atoms with E-state index >= 15 is 0 Å². The predicted octanol–water partition coefficient (Wildman–Crippen LogP) is 2.49. The lowest BCUT2D eigenvalue weighted by Crippen LogP contribution is -2.60. The van der Waals surface area contributed by atoms with Crippen molar-refractivity contribution in [2.24, 2.45) is 5.92 Å². The van der Waals surface area contributed by atoms with Crippen molar-refractivity contribution in [3.05, 3.63) is 0 Å². The Kier molecular flexibility index (Phi) is 2.99. The van der Waals surface area contributed by atoms with Gasteiger partial charge in [-0.05, 0) is 32.2 Å². The fourth-order valence-electron chi connectivity index (χ4n) is 4.98. The molecule has 3 fully saturated rings. The molecule has 0 N–H and O–H groups in total. The molecule has 4 atom stereocenters. The standard InChI is InChI=1S/C15H29N2/c1-16-13-6-4-5-7-14(16)15-9-8-12(13)10-11-17(15,2)3/h12-15H,4-11H2,1-3H3/q+1. The smallest absolute Gasteiger partial charge is 0.104 e. The molecule has 3 aliphatic rings. The van der Waals surface area contributed by atoms with Crippen molar-refractivity contribution in [3.8, 4) is 0 Å². The van der Waals surface area contributed by atoms with Gasteiger partial charge in [0.05, 0.1) is 26.7 Å². The van der Waals surface area contributed by atoms with Crippen molar-refractivity contribution < 1.29 is 4.48 Å². The monoisotopic (exact) mass is 237 g/mol. The summed E-state index contributed by atoms with van der Waals surface area (Å²) in [5.74, 6) is 0.991. The highest BCUT2D eigenvalue weighted by Crippen LogP contribution is 2.41. The minimum absolute atomic E-state index is 0.864. The van der Waals surface area contributed by atoms with Gasteiger partial charge >= 0.3 is 0 Å². The first-order valence-corrected chi connectivity index (χ1v) is 7.64. The van der Waals surface area contributed by atoms with Crippen LogP contribution in [0.3, 0.4) is 0 Å². The first kappa shape index (κ1) is 12.0. The van der Waals surface area contributed by atoms with E-state index in [0.717, 1.165) is 24.0 Å². The molecule has 0 spiro atoms. The first-order valence-electron chi connectivity index (χ1n) is 7.64. The van der Waals surface area contributed by atoms with E-state index in [-0.39, 0.29) is 0 Å². The number of likely N-dealkylation sites (N-methyl/N-ethyl adjacent to an activating group) is 2. The van der Waals surface area contributed by atoms with Gasteiger partial charge in [-0.1, -0.05) is 12.8 Å². The highest BCUT2D eigenvalue weighted by molar-refractivity contribution is 4.94. The second kappa shape index (κ2) is 4.24. The minimum Gasteiger partial charge on any atom is -0.325 e. The van der Waals surface area contributed by atoms with Crippen LogP contribution in [-0.4, -0.2) is 55.2 Å². The molecule has 98 valence electrons. The number of hydrogen-bond donors (Lipinski definition) is 0. The van der Waals surface area contributed by atoms with E-state index in [0.29, 0.717) is 0 Å². The number of rotatable bonds is 0. The lowest BCUT2D eigenvalue weighted by molar-refractivity contribution is -0.917. The summed E-state index contributed by atoms with van der Waals surface area (Å²) in [5, 5.41) is 0. The molecule has 0 saturated carbocycles. The maximum Gasteiger partial charge on any atom is 0.104 e. The van der Waals surface area contributed by atoms with E-state index in [4.69, 9.17) is 0 Å². The van der Waals surface area contributed by atoms with Crippen molar-refractivity contribution in [1.82, 2.24) is 4.90 Å². The fourth-order valence-corrected chi connectivity index (χ4v) is 4.98. The number of quaternary nitrogens is 1. The van der Waals surface area contributed by atoms with Gasteiger partial charge in [0.1, 0.15) is 6.04 Å². The summed E-state index contributed by atoms with van der Waals surface area (Å²) in [6.45, 7) is 1.41.